The topological polar surface area (TPSA) is 4.93 Å². The van der Waals surface area contributed by atoms with Crippen molar-refractivity contribution in [2.24, 2.45) is 0 Å². The largest absolute Gasteiger partial charge is 0.345 e. The van der Waals surface area contributed by atoms with Crippen molar-refractivity contribution in [1.82, 2.24) is 4.57 Å². The van der Waals surface area contributed by atoms with Gasteiger partial charge in [0.1, 0.15) is 0 Å². The molecule has 0 radical (unpaired) electrons. The van der Waals surface area contributed by atoms with Crippen LogP contribution in [0.4, 0.5) is 0 Å². The molecule has 0 amide bonds. The maximum absolute atomic E-state index is 2.29. The van der Waals surface area contributed by atoms with Crippen molar-refractivity contribution in [3.05, 3.63) is 48.7 Å². The summed E-state index contributed by atoms with van der Waals surface area (Å²) in [4.78, 5) is 0. The predicted molar refractivity (Wildman–Crippen MR) is 60.3 cm³/mol. The lowest BCUT2D eigenvalue weighted by atomic mass is 10.1. The van der Waals surface area contributed by atoms with E-state index in [1.807, 2.05) is 6.07 Å². The number of hydrogen-bond acceptors (Lipinski definition) is 0. The highest BCUT2D eigenvalue weighted by molar-refractivity contribution is 5.59. The Hall–Kier alpha value is -1.50. The van der Waals surface area contributed by atoms with Crippen LogP contribution in [-0.2, 0) is 0 Å². The first-order valence-corrected chi connectivity index (χ1v) is 5.01. The fourth-order valence-corrected chi connectivity index (χ4v) is 1.70. The van der Waals surface area contributed by atoms with Crippen LogP contribution in [0, 0.1) is 0 Å². The Morgan fingerprint density at radius 2 is 1.64 bits per heavy atom. The molecule has 0 spiro atoms. The Kier molecular flexibility index (Phi) is 2.40. The molecule has 1 aromatic heterocycles. The highest BCUT2D eigenvalue weighted by Gasteiger charge is 2.04. The molecule has 72 valence electrons. The second-order valence-electron chi connectivity index (χ2n) is 3.76. The summed E-state index contributed by atoms with van der Waals surface area (Å²) in [5.41, 5.74) is 2.58. The Morgan fingerprint density at radius 3 is 2.29 bits per heavy atom. The Balaban J connectivity index is 2.47. The number of aromatic nitrogens is 1. The van der Waals surface area contributed by atoms with Crippen LogP contribution in [0.15, 0.2) is 48.7 Å². The Bertz CT molecular complexity index is 398. The van der Waals surface area contributed by atoms with Gasteiger partial charge in [0.2, 0.25) is 0 Å². The molecule has 2 rings (SSSR count). The third-order valence-electron chi connectivity index (χ3n) is 2.40. The van der Waals surface area contributed by atoms with Crippen LogP contribution in [-0.4, -0.2) is 4.57 Å². The highest BCUT2D eigenvalue weighted by Crippen LogP contribution is 2.22. The molecule has 0 bridgehead atoms. The van der Waals surface area contributed by atoms with Crippen LogP contribution in [0.5, 0.6) is 0 Å². The predicted octanol–water partition coefficient (Wildman–Crippen LogP) is 3.74. The van der Waals surface area contributed by atoms with Crippen molar-refractivity contribution in [3.63, 3.8) is 0 Å². The second kappa shape index (κ2) is 3.70. The monoisotopic (exact) mass is 185 g/mol. The van der Waals surface area contributed by atoms with E-state index in [-0.39, 0.29) is 0 Å². The molecule has 0 N–H and O–H groups in total. The maximum atomic E-state index is 2.29. The maximum Gasteiger partial charge on any atom is 0.0482 e. The average Bonchev–Trinajstić information content (AvgIpc) is 2.67. The molecule has 0 fully saturated rings. The molecular formula is C13H15N. The second-order valence-corrected chi connectivity index (χ2v) is 3.76. The SMILES string of the molecule is CC(C)n1cccc1-c1ccccc1. The van der Waals surface area contributed by atoms with Gasteiger partial charge in [-0.15, -0.1) is 0 Å². The lowest BCUT2D eigenvalue weighted by Gasteiger charge is -2.12. The molecule has 0 saturated heterocycles. The van der Waals surface area contributed by atoms with Crippen LogP contribution in [0.2, 0.25) is 0 Å². The van der Waals surface area contributed by atoms with E-state index >= 15 is 0 Å². The van der Waals surface area contributed by atoms with E-state index in [0.717, 1.165) is 0 Å². The van der Waals surface area contributed by atoms with Crippen LogP contribution in [0.3, 0.4) is 0 Å². The van der Waals surface area contributed by atoms with Crippen molar-refractivity contribution in [2.75, 3.05) is 0 Å². The summed E-state index contributed by atoms with van der Waals surface area (Å²) in [5, 5.41) is 0. The zero-order valence-corrected chi connectivity index (χ0v) is 8.64. The molecule has 0 unspecified atom stereocenters. The van der Waals surface area contributed by atoms with Gasteiger partial charge in [-0.05, 0) is 31.5 Å². The molecule has 14 heavy (non-hydrogen) atoms. The zero-order valence-electron chi connectivity index (χ0n) is 8.64. The Morgan fingerprint density at radius 1 is 0.929 bits per heavy atom. The zero-order chi connectivity index (χ0) is 9.97. The minimum atomic E-state index is 0.514. The van der Waals surface area contributed by atoms with Gasteiger partial charge >= 0.3 is 0 Å². The molecule has 0 aliphatic carbocycles. The van der Waals surface area contributed by atoms with Crippen molar-refractivity contribution in [1.29, 1.82) is 0 Å². The van der Waals surface area contributed by atoms with E-state index < -0.39 is 0 Å². The first-order valence-electron chi connectivity index (χ1n) is 5.01. The summed E-state index contributed by atoms with van der Waals surface area (Å²) in [6.07, 6.45) is 2.13. The van der Waals surface area contributed by atoms with E-state index in [4.69, 9.17) is 0 Å². The van der Waals surface area contributed by atoms with E-state index in [1.54, 1.807) is 0 Å². The molecular weight excluding hydrogens is 170 g/mol. The first-order chi connectivity index (χ1) is 6.79. The molecule has 1 heteroatoms. The molecule has 1 nitrogen and oxygen atoms in total. The van der Waals surface area contributed by atoms with Gasteiger partial charge in [-0.3, -0.25) is 0 Å². The van der Waals surface area contributed by atoms with Crippen molar-refractivity contribution >= 4 is 0 Å². The van der Waals surface area contributed by atoms with Gasteiger partial charge in [-0.1, -0.05) is 30.3 Å². The summed E-state index contributed by atoms with van der Waals surface area (Å²) in [5.74, 6) is 0. The van der Waals surface area contributed by atoms with Gasteiger partial charge in [0.05, 0.1) is 0 Å². The fraction of sp³-hybridized carbons (Fsp3) is 0.231. The number of benzene rings is 1. The van der Waals surface area contributed by atoms with E-state index in [1.165, 1.54) is 11.3 Å². The smallest absolute Gasteiger partial charge is 0.0482 e. The number of rotatable bonds is 2. The Labute approximate surface area is 85.0 Å². The van der Waals surface area contributed by atoms with Crippen molar-refractivity contribution < 1.29 is 0 Å². The van der Waals surface area contributed by atoms with E-state index in [9.17, 15) is 0 Å². The summed E-state index contributed by atoms with van der Waals surface area (Å²) in [7, 11) is 0. The van der Waals surface area contributed by atoms with Crippen molar-refractivity contribution in [2.45, 2.75) is 19.9 Å². The van der Waals surface area contributed by atoms with Crippen LogP contribution in [0.25, 0.3) is 11.3 Å². The van der Waals surface area contributed by atoms with Gasteiger partial charge in [0.15, 0.2) is 0 Å². The quantitative estimate of drug-likeness (QED) is 0.671. The lowest BCUT2D eigenvalue weighted by Crippen LogP contribution is -2.00. The normalized spacial score (nSPS) is 10.8. The molecule has 0 atom stereocenters. The molecule has 0 aliphatic rings. The minimum absolute atomic E-state index is 0.514. The average molecular weight is 185 g/mol. The minimum Gasteiger partial charge on any atom is -0.345 e. The lowest BCUT2D eigenvalue weighted by molar-refractivity contribution is 0.610. The van der Waals surface area contributed by atoms with Crippen LogP contribution < -0.4 is 0 Å². The molecule has 0 aliphatic heterocycles. The third kappa shape index (κ3) is 1.58. The van der Waals surface area contributed by atoms with Crippen LogP contribution >= 0.6 is 0 Å². The van der Waals surface area contributed by atoms with Gasteiger partial charge in [0, 0.05) is 17.9 Å². The molecule has 0 saturated carbocycles. The van der Waals surface area contributed by atoms with Gasteiger partial charge in [-0.25, -0.2) is 0 Å². The van der Waals surface area contributed by atoms with E-state index in [2.05, 4.69) is 61.0 Å². The summed E-state index contributed by atoms with van der Waals surface area (Å²) in [6, 6.07) is 15.3. The highest BCUT2D eigenvalue weighted by atomic mass is 15.0. The van der Waals surface area contributed by atoms with Gasteiger partial charge < -0.3 is 4.57 Å². The summed E-state index contributed by atoms with van der Waals surface area (Å²) >= 11 is 0. The standard InChI is InChI=1S/C13H15N/c1-11(2)14-10-6-9-13(14)12-7-4-3-5-8-12/h3-11H,1-2H3. The van der Waals surface area contributed by atoms with Gasteiger partial charge in [0.25, 0.3) is 0 Å². The van der Waals surface area contributed by atoms with Crippen LogP contribution in [0.1, 0.15) is 19.9 Å². The first kappa shape index (κ1) is 9.07. The number of hydrogen-bond donors (Lipinski definition) is 0. The summed E-state index contributed by atoms with van der Waals surface area (Å²) in [6.45, 7) is 4.40. The van der Waals surface area contributed by atoms with E-state index in [0.29, 0.717) is 6.04 Å². The molecule has 2 aromatic rings. The third-order valence-corrected chi connectivity index (χ3v) is 2.40. The number of nitrogens with zero attached hydrogens (tertiary/aromatic N) is 1. The van der Waals surface area contributed by atoms with Gasteiger partial charge in [-0.2, -0.15) is 0 Å². The fourth-order valence-electron chi connectivity index (χ4n) is 1.70. The van der Waals surface area contributed by atoms with Crippen molar-refractivity contribution in [3.8, 4) is 11.3 Å². The molecule has 1 aromatic carbocycles. The summed E-state index contributed by atoms with van der Waals surface area (Å²) < 4.78 is 2.29. The molecule has 1 heterocycles.